The van der Waals surface area contributed by atoms with Crippen molar-refractivity contribution in [2.45, 2.75) is 45.2 Å². The van der Waals surface area contributed by atoms with E-state index in [9.17, 15) is 9.59 Å². The Kier molecular flexibility index (Phi) is 8.62. The Balaban J connectivity index is 4.23. The molecule has 2 N–H and O–H groups in total. The van der Waals surface area contributed by atoms with Gasteiger partial charge in [0.05, 0.1) is 6.42 Å². The van der Waals surface area contributed by atoms with Crippen LogP contribution in [-0.2, 0) is 4.79 Å². The lowest BCUT2D eigenvalue weighted by Gasteiger charge is -2.27. The number of carboxylic acid groups (broad SMARTS) is 1. The van der Waals surface area contributed by atoms with Crippen molar-refractivity contribution in [1.29, 1.82) is 0 Å². The number of urea groups is 1. The van der Waals surface area contributed by atoms with Gasteiger partial charge < -0.3 is 15.3 Å². The van der Waals surface area contributed by atoms with Crippen LogP contribution in [0.5, 0.6) is 0 Å². The number of carbonyl (C=O) groups excluding carboxylic acids is 1. The second-order valence-corrected chi connectivity index (χ2v) is 5.38. The molecule has 0 heterocycles. The second kappa shape index (κ2) is 9.08. The van der Waals surface area contributed by atoms with E-state index in [0.29, 0.717) is 6.42 Å². The first-order valence-corrected chi connectivity index (χ1v) is 7.55. The zero-order chi connectivity index (χ0) is 14.1. The first kappa shape index (κ1) is 17.1. The zero-order valence-corrected chi connectivity index (χ0v) is 12.4. The summed E-state index contributed by atoms with van der Waals surface area (Å²) in [5, 5.41) is 11.5. The van der Waals surface area contributed by atoms with Crippen LogP contribution in [0.1, 0.15) is 33.1 Å². The van der Waals surface area contributed by atoms with Crippen molar-refractivity contribution < 1.29 is 14.7 Å². The van der Waals surface area contributed by atoms with Crippen molar-refractivity contribution in [2.24, 2.45) is 0 Å². The Labute approximate surface area is 113 Å². The largest absolute Gasteiger partial charge is 0.481 e. The number of carboxylic acids is 1. The van der Waals surface area contributed by atoms with Gasteiger partial charge in [0.2, 0.25) is 0 Å². The van der Waals surface area contributed by atoms with Gasteiger partial charge in [-0.2, -0.15) is 11.8 Å². The number of nitrogens with one attached hydrogen (secondary N) is 1. The minimum atomic E-state index is -0.889. The highest BCUT2D eigenvalue weighted by Gasteiger charge is 2.19. The summed E-state index contributed by atoms with van der Waals surface area (Å²) < 4.78 is 0. The van der Waals surface area contributed by atoms with Crippen LogP contribution < -0.4 is 5.32 Å². The van der Waals surface area contributed by atoms with E-state index in [1.54, 1.807) is 23.7 Å². The quantitative estimate of drug-likeness (QED) is 0.711. The number of hydrogen-bond donors (Lipinski definition) is 2. The Morgan fingerprint density at radius 2 is 2.06 bits per heavy atom. The molecule has 0 aromatic heterocycles. The van der Waals surface area contributed by atoms with Gasteiger partial charge in [0, 0.05) is 19.1 Å². The third kappa shape index (κ3) is 6.74. The Morgan fingerprint density at radius 1 is 1.44 bits per heavy atom. The first-order valence-electron chi connectivity index (χ1n) is 6.16. The lowest BCUT2D eigenvalue weighted by molar-refractivity contribution is -0.137. The van der Waals surface area contributed by atoms with Gasteiger partial charge in [-0.1, -0.05) is 6.92 Å². The van der Waals surface area contributed by atoms with Gasteiger partial charge in [-0.25, -0.2) is 4.79 Å². The van der Waals surface area contributed by atoms with Crippen LogP contribution in [0.25, 0.3) is 0 Å². The number of amides is 2. The third-order valence-electron chi connectivity index (χ3n) is 2.96. The summed E-state index contributed by atoms with van der Waals surface area (Å²) in [5.41, 5.74) is 0. The van der Waals surface area contributed by atoms with Crippen molar-refractivity contribution in [2.75, 3.05) is 19.1 Å². The maximum Gasteiger partial charge on any atom is 0.317 e. The fraction of sp³-hybridized carbons (Fsp3) is 0.833. The number of rotatable bonds is 8. The van der Waals surface area contributed by atoms with Crippen molar-refractivity contribution >= 4 is 23.8 Å². The molecule has 2 unspecified atom stereocenters. The zero-order valence-electron chi connectivity index (χ0n) is 11.6. The van der Waals surface area contributed by atoms with Crippen LogP contribution >= 0.6 is 11.8 Å². The molecule has 6 heteroatoms. The van der Waals surface area contributed by atoms with Gasteiger partial charge in [-0.05, 0) is 31.8 Å². The molecule has 0 spiro atoms. The highest BCUT2D eigenvalue weighted by Crippen LogP contribution is 2.07. The maximum absolute atomic E-state index is 11.9. The minimum Gasteiger partial charge on any atom is -0.481 e. The topological polar surface area (TPSA) is 69.6 Å². The molecule has 2 amide bonds. The number of hydrogen-bond acceptors (Lipinski definition) is 3. The molecule has 0 bridgehead atoms. The summed E-state index contributed by atoms with van der Waals surface area (Å²) in [6.45, 7) is 3.86. The van der Waals surface area contributed by atoms with Crippen LogP contribution in [0, 0.1) is 0 Å². The lowest BCUT2D eigenvalue weighted by Crippen LogP contribution is -2.47. The monoisotopic (exact) mass is 276 g/mol. The Bertz CT molecular complexity index is 274. The first-order chi connectivity index (χ1) is 8.42. The van der Waals surface area contributed by atoms with Crippen molar-refractivity contribution in [3.8, 4) is 0 Å². The normalized spacial score (nSPS) is 13.8. The van der Waals surface area contributed by atoms with Gasteiger partial charge in [0.25, 0.3) is 0 Å². The summed E-state index contributed by atoms with van der Waals surface area (Å²) >= 11 is 1.75. The van der Waals surface area contributed by atoms with Crippen molar-refractivity contribution in [3.05, 3.63) is 0 Å². The van der Waals surface area contributed by atoms with Gasteiger partial charge in [-0.3, -0.25) is 4.79 Å². The average molecular weight is 276 g/mol. The molecule has 0 aliphatic rings. The molecule has 0 aromatic carbocycles. The summed E-state index contributed by atoms with van der Waals surface area (Å²) in [7, 11) is 1.74. The number of aliphatic carboxylic acids is 1. The van der Waals surface area contributed by atoms with E-state index in [-0.39, 0.29) is 24.5 Å². The van der Waals surface area contributed by atoms with Crippen LogP contribution in [-0.4, -0.2) is 53.1 Å². The predicted molar refractivity (Wildman–Crippen MR) is 75.1 cm³/mol. The van der Waals surface area contributed by atoms with Crippen LogP contribution in [0.4, 0.5) is 4.79 Å². The maximum atomic E-state index is 11.9. The molecule has 0 saturated carbocycles. The number of carbonyl (C=O) groups is 2. The van der Waals surface area contributed by atoms with Crippen molar-refractivity contribution in [3.63, 3.8) is 0 Å². The molecule has 0 aliphatic heterocycles. The predicted octanol–water partition coefficient (Wildman–Crippen LogP) is 2.02. The van der Waals surface area contributed by atoms with Crippen LogP contribution in [0.3, 0.4) is 0 Å². The summed E-state index contributed by atoms with van der Waals surface area (Å²) in [4.78, 5) is 24.2. The molecule has 0 radical (unpaired) electrons. The lowest BCUT2D eigenvalue weighted by atomic mass is 10.1. The Hall–Kier alpha value is -0.910. The molecule has 0 saturated heterocycles. The molecule has 18 heavy (non-hydrogen) atoms. The standard InChI is InChI=1S/C12H24N2O3S/c1-5-10(8-11(15)16)13-12(17)14(3)9(2)6-7-18-4/h9-10H,5-8H2,1-4H3,(H,13,17)(H,15,16). The summed E-state index contributed by atoms with van der Waals surface area (Å²) in [6.07, 6.45) is 3.55. The molecule has 0 aliphatic carbocycles. The van der Waals surface area contributed by atoms with E-state index < -0.39 is 5.97 Å². The minimum absolute atomic E-state index is 0.0325. The SMILES string of the molecule is CCC(CC(=O)O)NC(=O)N(C)C(C)CCSC. The Morgan fingerprint density at radius 3 is 2.50 bits per heavy atom. The molecular weight excluding hydrogens is 252 g/mol. The highest BCUT2D eigenvalue weighted by molar-refractivity contribution is 7.98. The van der Waals surface area contributed by atoms with Gasteiger partial charge in [0.15, 0.2) is 0 Å². The smallest absolute Gasteiger partial charge is 0.317 e. The van der Waals surface area contributed by atoms with E-state index in [4.69, 9.17) is 5.11 Å². The third-order valence-corrected chi connectivity index (χ3v) is 3.61. The van der Waals surface area contributed by atoms with Crippen LogP contribution in [0.2, 0.25) is 0 Å². The average Bonchev–Trinajstić information content (AvgIpc) is 2.33. The fourth-order valence-corrected chi connectivity index (χ4v) is 2.04. The van der Waals surface area contributed by atoms with E-state index in [1.165, 1.54) is 0 Å². The van der Waals surface area contributed by atoms with Crippen LogP contribution in [0.15, 0.2) is 0 Å². The van der Waals surface area contributed by atoms with E-state index in [1.807, 2.05) is 20.1 Å². The molecule has 5 nitrogen and oxygen atoms in total. The van der Waals surface area contributed by atoms with E-state index in [0.717, 1.165) is 12.2 Å². The second-order valence-electron chi connectivity index (χ2n) is 4.39. The summed E-state index contributed by atoms with van der Waals surface area (Å²) in [6, 6.07) is -0.346. The summed E-state index contributed by atoms with van der Waals surface area (Å²) in [5.74, 6) is 0.116. The molecule has 106 valence electrons. The molecule has 0 fully saturated rings. The van der Waals surface area contributed by atoms with Gasteiger partial charge in [-0.15, -0.1) is 0 Å². The fourth-order valence-electron chi connectivity index (χ4n) is 1.47. The molecule has 2 atom stereocenters. The molecule has 0 aromatic rings. The molecular formula is C12H24N2O3S. The number of thioether (sulfide) groups is 1. The highest BCUT2D eigenvalue weighted by atomic mass is 32.2. The van der Waals surface area contributed by atoms with Gasteiger partial charge >= 0.3 is 12.0 Å². The van der Waals surface area contributed by atoms with Gasteiger partial charge in [0.1, 0.15) is 0 Å². The van der Waals surface area contributed by atoms with E-state index >= 15 is 0 Å². The van der Waals surface area contributed by atoms with Crippen molar-refractivity contribution in [1.82, 2.24) is 10.2 Å². The molecule has 0 rings (SSSR count). The number of nitrogens with zero attached hydrogens (tertiary/aromatic N) is 1. The van der Waals surface area contributed by atoms with E-state index in [2.05, 4.69) is 5.32 Å².